The minimum absolute atomic E-state index is 0.281. The molecule has 0 amide bonds. The van der Waals surface area contributed by atoms with Gasteiger partial charge in [0, 0.05) is 6.54 Å². The zero-order valence-electron chi connectivity index (χ0n) is 14.3. The topological polar surface area (TPSA) is 72.9 Å². The molecule has 0 unspecified atom stereocenters. The van der Waals surface area contributed by atoms with Crippen LogP contribution in [0.1, 0.15) is 26.3 Å². The molecule has 0 fully saturated rings. The Morgan fingerprint density at radius 1 is 1.22 bits per heavy atom. The molecule has 23 heavy (non-hydrogen) atoms. The zero-order chi connectivity index (χ0) is 17.7. The van der Waals surface area contributed by atoms with Crippen molar-refractivity contribution in [2.45, 2.75) is 39.0 Å². The minimum Gasteiger partial charge on any atom is -0.459 e. The molecule has 0 aliphatic carbocycles. The summed E-state index contributed by atoms with van der Waals surface area (Å²) in [5, 5.41) is 0. The molecule has 0 N–H and O–H groups in total. The third-order valence-electron chi connectivity index (χ3n) is 2.93. The predicted molar refractivity (Wildman–Crippen MR) is 88.3 cm³/mol. The van der Waals surface area contributed by atoms with Crippen LogP contribution in [0.5, 0.6) is 0 Å². The molecule has 0 aliphatic rings. The minimum atomic E-state index is -3.64. The van der Waals surface area contributed by atoms with E-state index in [-0.39, 0.29) is 6.61 Å². The molecule has 0 radical (unpaired) electrons. The number of rotatable bonds is 7. The fourth-order valence-electron chi connectivity index (χ4n) is 1.91. The van der Waals surface area contributed by atoms with Crippen molar-refractivity contribution in [3.8, 4) is 0 Å². The van der Waals surface area contributed by atoms with Crippen LogP contribution in [0.3, 0.4) is 0 Å². The second-order valence-corrected chi connectivity index (χ2v) is 8.08. The van der Waals surface area contributed by atoms with Crippen LogP contribution in [0, 0.1) is 0 Å². The molecular weight excluding hydrogens is 318 g/mol. The smallest absolute Gasteiger partial charge is 0.326 e. The van der Waals surface area contributed by atoms with Crippen LogP contribution < -0.4 is 0 Å². The Kier molecular flexibility index (Phi) is 6.73. The van der Waals surface area contributed by atoms with E-state index < -0.39 is 27.7 Å². The Balaban J connectivity index is 2.86. The van der Waals surface area contributed by atoms with Gasteiger partial charge in [0.25, 0.3) is 10.1 Å². The van der Waals surface area contributed by atoms with Crippen LogP contribution in [0.2, 0.25) is 0 Å². The lowest BCUT2D eigenvalue weighted by molar-refractivity contribution is -0.162. The summed E-state index contributed by atoms with van der Waals surface area (Å²) >= 11 is 0. The molecular formula is C16H25NO5S. The molecule has 0 saturated carbocycles. The molecule has 7 heteroatoms. The van der Waals surface area contributed by atoms with Gasteiger partial charge in [0.15, 0.2) is 0 Å². The Hall–Kier alpha value is -1.44. The lowest BCUT2D eigenvalue weighted by atomic mass is 10.1. The van der Waals surface area contributed by atoms with E-state index in [1.165, 1.54) is 0 Å². The van der Waals surface area contributed by atoms with E-state index in [4.69, 9.17) is 8.92 Å². The van der Waals surface area contributed by atoms with Crippen LogP contribution in [0.4, 0.5) is 0 Å². The molecule has 6 nitrogen and oxygen atoms in total. The number of carbonyl (C=O) groups excluding carboxylic acids is 1. The van der Waals surface area contributed by atoms with Gasteiger partial charge in [-0.3, -0.25) is 13.9 Å². The van der Waals surface area contributed by atoms with Crippen LogP contribution in [-0.2, 0) is 30.4 Å². The average Bonchev–Trinajstić information content (AvgIpc) is 2.36. The van der Waals surface area contributed by atoms with Crippen molar-refractivity contribution >= 4 is 16.1 Å². The van der Waals surface area contributed by atoms with Gasteiger partial charge in [-0.25, -0.2) is 0 Å². The molecule has 130 valence electrons. The van der Waals surface area contributed by atoms with E-state index in [2.05, 4.69) is 0 Å². The number of ether oxygens (including phenoxy) is 1. The van der Waals surface area contributed by atoms with Crippen LogP contribution in [-0.4, -0.2) is 50.8 Å². The highest BCUT2D eigenvalue weighted by atomic mass is 32.2. The standard InChI is InChI=1S/C16H25NO5S/c1-16(2,3)22-15(18)14(12-21-23(5,19)20)17(4)11-13-9-7-6-8-10-13/h6-10,14H,11-12H2,1-5H3/t14-/m0/s1. The first kappa shape index (κ1) is 19.6. The summed E-state index contributed by atoms with van der Waals surface area (Å²) in [6.45, 7) is 5.47. The van der Waals surface area contributed by atoms with Crippen molar-refractivity contribution in [2.24, 2.45) is 0 Å². The maximum atomic E-state index is 12.4. The summed E-state index contributed by atoms with van der Waals surface area (Å²) in [5.41, 5.74) is 0.344. The van der Waals surface area contributed by atoms with Crippen LogP contribution in [0.15, 0.2) is 30.3 Å². The number of esters is 1. The summed E-state index contributed by atoms with van der Waals surface area (Å²) < 4.78 is 32.6. The highest BCUT2D eigenvalue weighted by molar-refractivity contribution is 7.85. The summed E-state index contributed by atoms with van der Waals surface area (Å²) in [6.07, 6.45) is 0.955. The molecule has 1 atom stereocenters. The van der Waals surface area contributed by atoms with Crippen LogP contribution >= 0.6 is 0 Å². The summed E-state index contributed by atoms with van der Waals surface area (Å²) in [6, 6.07) is 8.75. The first-order valence-electron chi connectivity index (χ1n) is 7.29. The first-order chi connectivity index (χ1) is 10.5. The van der Waals surface area contributed by atoms with Gasteiger partial charge in [-0.15, -0.1) is 0 Å². The average molecular weight is 343 g/mol. The molecule has 0 aliphatic heterocycles. The Morgan fingerprint density at radius 2 is 1.78 bits per heavy atom. The monoisotopic (exact) mass is 343 g/mol. The number of nitrogens with zero attached hydrogens (tertiary/aromatic N) is 1. The third-order valence-corrected chi connectivity index (χ3v) is 3.49. The summed E-state index contributed by atoms with van der Waals surface area (Å²) in [5.74, 6) is -0.514. The number of hydrogen-bond acceptors (Lipinski definition) is 6. The van der Waals surface area contributed by atoms with Crippen molar-refractivity contribution in [1.82, 2.24) is 4.90 Å². The van der Waals surface area contributed by atoms with Gasteiger partial charge in [0.05, 0.1) is 12.9 Å². The highest BCUT2D eigenvalue weighted by Crippen LogP contribution is 2.14. The third kappa shape index (κ3) is 8.11. The van der Waals surface area contributed by atoms with E-state index in [0.29, 0.717) is 6.54 Å². The van der Waals surface area contributed by atoms with Gasteiger partial charge in [-0.05, 0) is 33.4 Å². The SMILES string of the molecule is CN(Cc1ccccc1)[C@@H](COS(C)(=O)=O)C(=O)OC(C)(C)C. The molecule has 0 heterocycles. The van der Waals surface area contributed by atoms with Gasteiger partial charge >= 0.3 is 5.97 Å². The quantitative estimate of drug-likeness (QED) is 0.555. The number of likely N-dealkylation sites (N-methyl/N-ethyl adjacent to an activating group) is 1. The molecule has 1 aromatic carbocycles. The first-order valence-corrected chi connectivity index (χ1v) is 9.11. The maximum Gasteiger partial charge on any atom is 0.326 e. The second kappa shape index (κ2) is 7.90. The number of hydrogen-bond donors (Lipinski definition) is 0. The molecule has 1 aromatic rings. The fourth-order valence-corrected chi connectivity index (χ4v) is 2.29. The van der Waals surface area contributed by atoms with E-state index in [0.717, 1.165) is 11.8 Å². The zero-order valence-corrected chi connectivity index (χ0v) is 15.1. The summed E-state index contributed by atoms with van der Waals surface area (Å²) in [7, 11) is -1.91. The Morgan fingerprint density at radius 3 is 2.26 bits per heavy atom. The van der Waals surface area contributed by atoms with Crippen molar-refractivity contribution < 1.29 is 22.1 Å². The number of benzene rings is 1. The molecule has 0 aromatic heterocycles. The molecule has 0 bridgehead atoms. The maximum absolute atomic E-state index is 12.4. The lowest BCUT2D eigenvalue weighted by Crippen LogP contribution is -2.45. The highest BCUT2D eigenvalue weighted by Gasteiger charge is 2.30. The second-order valence-electron chi connectivity index (χ2n) is 6.44. The van der Waals surface area contributed by atoms with Crippen molar-refractivity contribution in [1.29, 1.82) is 0 Å². The van der Waals surface area contributed by atoms with Crippen molar-refractivity contribution in [3.63, 3.8) is 0 Å². The largest absolute Gasteiger partial charge is 0.459 e. The predicted octanol–water partition coefficient (Wildman–Crippen LogP) is 1.80. The van der Waals surface area contributed by atoms with Gasteiger partial charge in [-0.2, -0.15) is 8.42 Å². The van der Waals surface area contributed by atoms with Gasteiger partial charge in [0.2, 0.25) is 0 Å². The lowest BCUT2D eigenvalue weighted by Gasteiger charge is -2.29. The number of carbonyl (C=O) groups is 1. The van der Waals surface area contributed by atoms with Crippen molar-refractivity contribution in [2.75, 3.05) is 19.9 Å². The normalized spacial score (nSPS) is 13.8. The van der Waals surface area contributed by atoms with Gasteiger partial charge < -0.3 is 4.74 Å². The summed E-state index contributed by atoms with van der Waals surface area (Å²) in [4.78, 5) is 14.1. The van der Waals surface area contributed by atoms with Gasteiger partial charge in [-0.1, -0.05) is 30.3 Å². The van der Waals surface area contributed by atoms with E-state index in [1.54, 1.807) is 32.7 Å². The van der Waals surface area contributed by atoms with E-state index in [1.807, 2.05) is 30.3 Å². The van der Waals surface area contributed by atoms with E-state index in [9.17, 15) is 13.2 Å². The van der Waals surface area contributed by atoms with E-state index >= 15 is 0 Å². The Bertz CT molecular complexity index is 607. The Labute approximate surface area is 138 Å². The van der Waals surface area contributed by atoms with Crippen molar-refractivity contribution in [3.05, 3.63) is 35.9 Å². The molecule has 1 rings (SSSR count). The molecule has 0 spiro atoms. The molecule has 0 saturated heterocycles. The fraction of sp³-hybridized carbons (Fsp3) is 0.562. The van der Waals surface area contributed by atoms with Crippen LogP contribution in [0.25, 0.3) is 0 Å². The van der Waals surface area contributed by atoms with Gasteiger partial charge in [0.1, 0.15) is 11.6 Å².